The lowest BCUT2D eigenvalue weighted by Gasteiger charge is -2.11. The molecule has 0 saturated carbocycles. The Morgan fingerprint density at radius 3 is 2.50 bits per heavy atom. The molecule has 0 spiro atoms. The minimum absolute atomic E-state index is 0.132. The summed E-state index contributed by atoms with van der Waals surface area (Å²) < 4.78 is 21.3. The Bertz CT molecular complexity index is 900. The van der Waals surface area contributed by atoms with E-state index in [-0.39, 0.29) is 5.69 Å². The Morgan fingerprint density at radius 1 is 1.04 bits per heavy atom. The SMILES string of the molecule is CCOc1ccc(-c2cc(C(=O)Nc3cc(C)on3)no2)cc1OCC. The first-order valence-corrected chi connectivity index (χ1v) is 8.22. The molecule has 0 aliphatic heterocycles. The van der Waals surface area contributed by atoms with Gasteiger partial charge in [-0.05, 0) is 39.0 Å². The van der Waals surface area contributed by atoms with E-state index in [9.17, 15) is 4.79 Å². The fourth-order valence-electron chi connectivity index (χ4n) is 2.33. The topological polar surface area (TPSA) is 99.6 Å². The zero-order valence-electron chi connectivity index (χ0n) is 14.7. The molecule has 1 aromatic carbocycles. The van der Waals surface area contributed by atoms with Crippen molar-refractivity contribution in [3.63, 3.8) is 0 Å². The average molecular weight is 357 g/mol. The third kappa shape index (κ3) is 3.85. The Kier molecular flexibility index (Phi) is 5.21. The second-order valence-corrected chi connectivity index (χ2v) is 5.38. The zero-order chi connectivity index (χ0) is 18.5. The number of hydrogen-bond acceptors (Lipinski definition) is 7. The lowest BCUT2D eigenvalue weighted by atomic mass is 10.1. The summed E-state index contributed by atoms with van der Waals surface area (Å²) in [5.74, 6) is 2.17. The fourth-order valence-corrected chi connectivity index (χ4v) is 2.33. The van der Waals surface area contributed by atoms with Crippen molar-refractivity contribution < 1.29 is 23.3 Å². The smallest absolute Gasteiger partial charge is 0.279 e. The van der Waals surface area contributed by atoms with Gasteiger partial charge in [-0.3, -0.25) is 4.79 Å². The van der Waals surface area contributed by atoms with Crippen LogP contribution >= 0.6 is 0 Å². The Morgan fingerprint density at radius 2 is 1.81 bits per heavy atom. The van der Waals surface area contributed by atoms with Crippen LogP contribution in [0.3, 0.4) is 0 Å². The predicted octanol–water partition coefficient (Wildman–Crippen LogP) is 3.69. The highest BCUT2D eigenvalue weighted by Crippen LogP contribution is 2.33. The van der Waals surface area contributed by atoms with Gasteiger partial charge < -0.3 is 23.8 Å². The number of anilines is 1. The van der Waals surface area contributed by atoms with E-state index in [4.69, 9.17) is 18.5 Å². The van der Waals surface area contributed by atoms with Crippen LogP contribution in [0.5, 0.6) is 11.5 Å². The first-order valence-electron chi connectivity index (χ1n) is 8.22. The predicted molar refractivity (Wildman–Crippen MR) is 93.5 cm³/mol. The largest absolute Gasteiger partial charge is 0.490 e. The summed E-state index contributed by atoms with van der Waals surface area (Å²) in [4.78, 5) is 12.2. The Hall–Kier alpha value is -3.29. The molecule has 2 aromatic heterocycles. The van der Waals surface area contributed by atoms with Crippen molar-refractivity contribution in [2.45, 2.75) is 20.8 Å². The minimum Gasteiger partial charge on any atom is -0.490 e. The molecule has 0 fully saturated rings. The first-order chi connectivity index (χ1) is 12.6. The van der Waals surface area contributed by atoms with Crippen molar-refractivity contribution in [2.24, 2.45) is 0 Å². The summed E-state index contributed by atoms with van der Waals surface area (Å²) in [5.41, 5.74) is 0.855. The van der Waals surface area contributed by atoms with Gasteiger partial charge in [-0.2, -0.15) is 0 Å². The first kappa shape index (κ1) is 17.5. The molecule has 0 atom stereocenters. The molecule has 0 unspecified atom stereocenters. The second kappa shape index (κ2) is 7.73. The summed E-state index contributed by atoms with van der Waals surface area (Å²) in [6.45, 7) is 6.57. The van der Waals surface area contributed by atoms with Crippen LogP contribution in [0.2, 0.25) is 0 Å². The van der Waals surface area contributed by atoms with Crippen LogP contribution in [0.15, 0.2) is 39.4 Å². The highest BCUT2D eigenvalue weighted by molar-refractivity contribution is 6.02. The summed E-state index contributed by atoms with van der Waals surface area (Å²) in [5, 5.41) is 10.1. The molecule has 0 aliphatic carbocycles. The van der Waals surface area contributed by atoms with Crippen LogP contribution in [0.25, 0.3) is 11.3 Å². The van der Waals surface area contributed by atoms with Gasteiger partial charge in [-0.25, -0.2) is 0 Å². The van der Waals surface area contributed by atoms with Gasteiger partial charge in [-0.15, -0.1) is 0 Å². The summed E-state index contributed by atoms with van der Waals surface area (Å²) in [7, 11) is 0. The molecule has 136 valence electrons. The molecule has 1 amide bonds. The average Bonchev–Trinajstić information content (AvgIpc) is 3.26. The number of rotatable bonds is 7. The van der Waals surface area contributed by atoms with Crippen LogP contribution in [0.4, 0.5) is 5.82 Å². The summed E-state index contributed by atoms with van der Waals surface area (Å²) in [6, 6.07) is 8.56. The molecule has 0 radical (unpaired) electrons. The number of amides is 1. The number of ether oxygens (including phenoxy) is 2. The van der Waals surface area contributed by atoms with Crippen LogP contribution in [0.1, 0.15) is 30.1 Å². The van der Waals surface area contributed by atoms with Crippen LogP contribution < -0.4 is 14.8 Å². The van der Waals surface area contributed by atoms with E-state index in [0.29, 0.717) is 42.1 Å². The molecule has 0 aliphatic rings. The van der Waals surface area contributed by atoms with E-state index in [1.165, 1.54) is 0 Å². The number of hydrogen-bond donors (Lipinski definition) is 1. The molecule has 3 rings (SSSR count). The number of benzene rings is 1. The highest BCUT2D eigenvalue weighted by atomic mass is 16.5. The lowest BCUT2D eigenvalue weighted by molar-refractivity contribution is 0.101. The monoisotopic (exact) mass is 357 g/mol. The molecule has 26 heavy (non-hydrogen) atoms. The maximum absolute atomic E-state index is 12.2. The minimum atomic E-state index is -0.440. The zero-order valence-corrected chi connectivity index (χ0v) is 14.7. The fraction of sp³-hybridized carbons (Fsp3) is 0.278. The van der Waals surface area contributed by atoms with Crippen molar-refractivity contribution >= 4 is 11.7 Å². The van der Waals surface area contributed by atoms with E-state index in [1.807, 2.05) is 19.9 Å². The van der Waals surface area contributed by atoms with Gasteiger partial charge in [0.05, 0.1) is 13.2 Å². The van der Waals surface area contributed by atoms with Gasteiger partial charge in [0.25, 0.3) is 5.91 Å². The molecular weight excluding hydrogens is 338 g/mol. The second-order valence-electron chi connectivity index (χ2n) is 5.38. The number of nitrogens with one attached hydrogen (secondary N) is 1. The molecule has 8 nitrogen and oxygen atoms in total. The van der Waals surface area contributed by atoms with E-state index >= 15 is 0 Å². The van der Waals surface area contributed by atoms with E-state index < -0.39 is 5.91 Å². The van der Waals surface area contributed by atoms with E-state index in [0.717, 1.165) is 5.56 Å². The third-order valence-corrected chi connectivity index (χ3v) is 3.44. The van der Waals surface area contributed by atoms with Gasteiger partial charge in [0.15, 0.2) is 28.8 Å². The van der Waals surface area contributed by atoms with Crippen molar-refractivity contribution in [1.29, 1.82) is 0 Å². The Labute approximate surface area is 150 Å². The molecule has 0 bridgehead atoms. The molecule has 2 heterocycles. The van der Waals surface area contributed by atoms with Crippen molar-refractivity contribution in [3.05, 3.63) is 41.8 Å². The van der Waals surface area contributed by atoms with Gasteiger partial charge in [-0.1, -0.05) is 10.3 Å². The van der Waals surface area contributed by atoms with Gasteiger partial charge in [0.2, 0.25) is 0 Å². The number of carbonyl (C=O) groups excluding carboxylic acids is 1. The molecular formula is C18H19N3O5. The summed E-state index contributed by atoms with van der Waals surface area (Å²) >= 11 is 0. The molecule has 8 heteroatoms. The van der Waals surface area contributed by atoms with Crippen LogP contribution in [-0.2, 0) is 0 Å². The van der Waals surface area contributed by atoms with Gasteiger partial charge in [0.1, 0.15) is 5.76 Å². The maximum Gasteiger partial charge on any atom is 0.279 e. The third-order valence-electron chi connectivity index (χ3n) is 3.44. The van der Waals surface area contributed by atoms with Gasteiger partial charge in [0, 0.05) is 17.7 Å². The van der Waals surface area contributed by atoms with Crippen LogP contribution in [-0.4, -0.2) is 29.4 Å². The van der Waals surface area contributed by atoms with Crippen molar-refractivity contribution in [1.82, 2.24) is 10.3 Å². The van der Waals surface area contributed by atoms with E-state index in [1.54, 1.807) is 31.2 Å². The standard InChI is InChI=1S/C18H19N3O5/c1-4-23-14-7-6-12(9-16(14)24-5-2)15-10-13(20-26-15)18(22)19-17-8-11(3)25-21-17/h6-10H,4-5H2,1-3H3,(H,19,21,22). The van der Waals surface area contributed by atoms with Gasteiger partial charge >= 0.3 is 0 Å². The molecule has 3 aromatic rings. The molecule has 1 N–H and O–H groups in total. The molecule has 0 saturated heterocycles. The number of aryl methyl sites for hydroxylation is 1. The Balaban J connectivity index is 1.80. The lowest BCUT2D eigenvalue weighted by Crippen LogP contribution is -2.12. The summed E-state index contributed by atoms with van der Waals surface area (Å²) in [6.07, 6.45) is 0. The number of carbonyl (C=O) groups is 1. The van der Waals surface area contributed by atoms with E-state index in [2.05, 4.69) is 15.6 Å². The van der Waals surface area contributed by atoms with Crippen LogP contribution in [0, 0.1) is 6.92 Å². The number of aromatic nitrogens is 2. The van der Waals surface area contributed by atoms with Crippen molar-refractivity contribution in [2.75, 3.05) is 18.5 Å². The highest BCUT2D eigenvalue weighted by Gasteiger charge is 2.17. The maximum atomic E-state index is 12.2. The normalized spacial score (nSPS) is 10.6. The number of nitrogens with zero attached hydrogens (tertiary/aromatic N) is 2. The quantitative estimate of drug-likeness (QED) is 0.688. The van der Waals surface area contributed by atoms with Crippen molar-refractivity contribution in [3.8, 4) is 22.8 Å².